The molecule has 0 amide bonds. The lowest BCUT2D eigenvalue weighted by molar-refractivity contribution is 0.466. The molecule has 0 saturated carbocycles. The van der Waals surface area contributed by atoms with Crippen LogP contribution in [0.3, 0.4) is 0 Å². The second kappa shape index (κ2) is 14.3. The van der Waals surface area contributed by atoms with Gasteiger partial charge in [-0.05, 0) is 55.5 Å². The summed E-state index contributed by atoms with van der Waals surface area (Å²) in [5, 5.41) is 13.8. The van der Waals surface area contributed by atoms with Crippen molar-refractivity contribution in [3.8, 4) is 5.75 Å². The highest BCUT2D eigenvalue weighted by Gasteiger charge is 2.18. The Balaban J connectivity index is 1.91. The number of hydrogen-bond acceptors (Lipinski definition) is 2. The lowest BCUT2D eigenvalue weighted by Gasteiger charge is -2.22. The Labute approximate surface area is 201 Å². The first-order chi connectivity index (χ1) is 15.5. The van der Waals surface area contributed by atoms with Crippen LogP contribution in [-0.4, -0.2) is 10.1 Å². The highest BCUT2D eigenvalue weighted by Crippen LogP contribution is 2.32. The van der Waals surface area contributed by atoms with Crippen molar-refractivity contribution in [2.45, 2.75) is 104 Å². The fourth-order valence-electron chi connectivity index (χ4n) is 4.39. The summed E-state index contributed by atoms with van der Waals surface area (Å²) >= 11 is 5.91. The van der Waals surface area contributed by atoms with Crippen molar-refractivity contribution in [2.75, 3.05) is 5.32 Å². The van der Waals surface area contributed by atoms with Gasteiger partial charge in [-0.25, -0.2) is 0 Å². The summed E-state index contributed by atoms with van der Waals surface area (Å²) in [7, 11) is 0. The first kappa shape index (κ1) is 26.4. The van der Waals surface area contributed by atoms with E-state index in [4.69, 9.17) is 12.2 Å². The van der Waals surface area contributed by atoms with Crippen LogP contribution >= 0.6 is 12.2 Å². The van der Waals surface area contributed by atoms with Crippen LogP contribution < -0.4 is 5.32 Å². The number of benzene rings is 2. The lowest BCUT2D eigenvalue weighted by atomic mass is 9.92. The van der Waals surface area contributed by atoms with E-state index in [0.717, 1.165) is 33.8 Å². The molecule has 0 spiro atoms. The van der Waals surface area contributed by atoms with Gasteiger partial charge in [0.2, 0.25) is 0 Å². The Bertz CT molecular complexity index is 831. The number of anilines is 1. The van der Waals surface area contributed by atoms with Crippen molar-refractivity contribution in [3.63, 3.8) is 0 Å². The number of nitrogens with one attached hydrogen (secondary N) is 1. The molecule has 0 aliphatic carbocycles. The van der Waals surface area contributed by atoms with Crippen molar-refractivity contribution in [2.24, 2.45) is 0 Å². The minimum atomic E-state index is 0.217. The van der Waals surface area contributed by atoms with Gasteiger partial charge in [0, 0.05) is 11.6 Å². The predicted molar refractivity (Wildman–Crippen MR) is 144 cm³/mol. The topological polar surface area (TPSA) is 32.3 Å². The Morgan fingerprint density at radius 2 is 1.41 bits per heavy atom. The highest BCUT2D eigenvalue weighted by molar-refractivity contribution is 7.80. The van der Waals surface area contributed by atoms with Crippen molar-refractivity contribution >= 4 is 22.9 Å². The monoisotopic (exact) mass is 453 g/mol. The number of aromatic hydroxyl groups is 1. The average molecular weight is 454 g/mol. The lowest BCUT2D eigenvalue weighted by Crippen LogP contribution is -2.20. The molecule has 176 valence electrons. The van der Waals surface area contributed by atoms with Crippen LogP contribution in [0.15, 0.2) is 36.4 Å². The van der Waals surface area contributed by atoms with E-state index in [-0.39, 0.29) is 5.92 Å². The molecule has 2 aromatic carbocycles. The maximum atomic E-state index is 10.2. The van der Waals surface area contributed by atoms with Crippen LogP contribution in [0.2, 0.25) is 0 Å². The molecule has 2 N–H and O–H groups in total. The molecule has 32 heavy (non-hydrogen) atoms. The molecule has 0 saturated heterocycles. The smallest absolute Gasteiger partial charge is 0.121 e. The summed E-state index contributed by atoms with van der Waals surface area (Å²) in [4.78, 5) is 0.875. The molecule has 2 aromatic rings. The molecular weight excluding hydrogens is 410 g/mol. The van der Waals surface area contributed by atoms with E-state index in [9.17, 15) is 5.11 Å². The third-order valence-corrected chi connectivity index (χ3v) is 7.07. The van der Waals surface area contributed by atoms with E-state index >= 15 is 0 Å². The van der Waals surface area contributed by atoms with Gasteiger partial charge in [-0.3, -0.25) is 0 Å². The maximum Gasteiger partial charge on any atom is 0.121 e. The number of unbranched alkanes of at least 4 members (excludes halogenated alkanes) is 9. The van der Waals surface area contributed by atoms with E-state index in [1.807, 2.05) is 26.8 Å². The van der Waals surface area contributed by atoms with Crippen LogP contribution in [0, 0.1) is 20.8 Å². The van der Waals surface area contributed by atoms with E-state index in [1.54, 1.807) is 0 Å². The van der Waals surface area contributed by atoms with E-state index in [1.165, 1.54) is 69.8 Å². The zero-order chi connectivity index (χ0) is 23.3. The predicted octanol–water partition coefficient (Wildman–Crippen LogP) is 9.15. The quantitative estimate of drug-likeness (QED) is 0.170. The van der Waals surface area contributed by atoms with Crippen molar-refractivity contribution < 1.29 is 5.11 Å². The number of aryl methyl sites for hydroxylation is 1. The van der Waals surface area contributed by atoms with Gasteiger partial charge in [0.15, 0.2) is 0 Å². The van der Waals surface area contributed by atoms with Crippen LogP contribution in [0.4, 0.5) is 5.69 Å². The van der Waals surface area contributed by atoms with Gasteiger partial charge in [0.25, 0.3) is 0 Å². The molecule has 0 heterocycles. The second-order valence-corrected chi connectivity index (χ2v) is 9.70. The molecule has 0 bridgehead atoms. The zero-order valence-electron chi connectivity index (χ0n) is 20.7. The van der Waals surface area contributed by atoms with Crippen LogP contribution in [-0.2, 0) is 0 Å². The average Bonchev–Trinajstić information content (AvgIpc) is 2.80. The Morgan fingerprint density at radius 3 is 2.00 bits per heavy atom. The minimum Gasteiger partial charge on any atom is -0.507 e. The van der Waals surface area contributed by atoms with Gasteiger partial charge in [0.05, 0.1) is 4.99 Å². The highest BCUT2D eigenvalue weighted by atomic mass is 32.1. The molecule has 3 heteroatoms. The summed E-state index contributed by atoms with van der Waals surface area (Å²) in [5.74, 6) is 0.595. The number of hydrogen-bond donors (Lipinski definition) is 2. The number of rotatable bonds is 14. The van der Waals surface area contributed by atoms with Crippen LogP contribution in [0.1, 0.15) is 106 Å². The molecule has 0 unspecified atom stereocenters. The molecule has 0 aromatic heterocycles. The van der Waals surface area contributed by atoms with Gasteiger partial charge in [-0.15, -0.1) is 0 Å². The fraction of sp³-hybridized carbons (Fsp3) is 0.552. The minimum absolute atomic E-state index is 0.217. The summed E-state index contributed by atoms with van der Waals surface area (Å²) in [6.07, 6.45) is 14.5. The number of phenolic OH excluding ortho intramolecular Hbond substituents is 1. The SMILES string of the molecule is CCCCCCCCCCCC[C@H](C(=S)Nc1cc(C)c(O)c(C)c1C)c1ccccc1. The first-order valence-corrected chi connectivity index (χ1v) is 13.0. The molecule has 0 aliphatic rings. The molecule has 2 nitrogen and oxygen atoms in total. The van der Waals surface area contributed by atoms with Gasteiger partial charge in [-0.1, -0.05) is 114 Å². The van der Waals surface area contributed by atoms with Gasteiger partial charge < -0.3 is 10.4 Å². The molecule has 0 aliphatic heterocycles. The van der Waals surface area contributed by atoms with Crippen molar-refractivity contribution in [1.82, 2.24) is 0 Å². The van der Waals surface area contributed by atoms with Crippen molar-refractivity contribution in [1.29, 1.82) is 0 Å². The van der Waals surface area contributed by atoms with Gasteiger partial charge in [0.1, 0.15) is 5.75 Å². The Hall–Kier alpha value is -1.87. The van der Waals surface area contributed by atoms with Crippen molar-refractivity contribution in [3.05, 3.63) is 58.7 Å². The Kier molecular flexibility index (Phi) is 11.8. The van der Waals surface area contributed by atoms with Gasteiger partial charge >= 0.3 is 0 Å². The summed E-state index contributed by atoms with van der Waals surface area (Å²) < 4.78 is 0. The zero-order valence-corrected chi connectivity index (χ0v) is 21.5. The Morgan fingerprint density at radius 1 is 0.844 bits per heavy atom. The number of phenols is 1. The summed E-state index contributed by atoms with van der Waals surface area (Å²) in [6, 6.07) is 12.7. The van der Waals surface area contributed by atoms with E-state index in [2.05, 4.69) is 42.6 Å². The maximum absolute atomic E-state index is 10.2. The second-order valence-electron chi connectivity index (χ2n) is 9.26. The molecule has 2 rings (SSSR count). The fourth-order valence-corrected chi connectivity index (χ4v) is 4.75. The van der Waals surface area contributed by atoms with Crippen LogP contribution in [0.5, 0.6) is 5.75 Å². The van der Waals surface area contributed by atoms with Gasteiger partial charge in [-0.2, -0.15) is 0 Å². The summed E-state index contributed by atoms with van der Waals surface area (Å²) in [6.45, 7) is 8.22. The largest absolute Gasteiger partial charge is 0.507 e. The third-order valence-electron chi connectivity index (χ3n) is 6.68. The molecule has 0 radical (unpaired) electrons. The van der Waals surface area contributed by atoms with Crippen LogP contribution in [0.25, 0.3) is 0 Å². The molecule has 0 fully saturated rings. The summed E-state index contributed by atoms with van der Waals surface area (Å²) in [5.41, 5.74) is 5.14. The molecular formula is C29H43NOS. The molecule has 1 atom stereocenters. The third kappa shape index (κ3) is 8.24. The number of thiocarbonyl (C=S) groups is 1. The normalized spacial score (nSPS) is 12.0. The first-order valence-electron chi connectivity index (χ1n) is 12.6. The van der Waals surface area contributed by atoms with E-state index < -0.39 is 0 Å². The van der Waals surface area contributed by atoms with E-state index in [0.29, 0.717) is 5.75 Å². The standard InChI is InChI=1S/C29H43NOS/c1-5-6-7-8-9-10-11-12-13-17-20-26(25-18-15-14-16-19-25)29(32)30-27-21-22(2)28(31)24(4)23(27)3/h14-16,18-19,21,26,31H,5-13,17,20H2,1-4H3,(H,30,32)/t26-/m0/s1.